The summed E-state index contributed by atoms with van der Waals surface area (Å²) >= 11 is 0. The molecular formula is C14H17NO2. The first-order valence-corrected chi connectivity index (χ1v) is 5.99. The molecule has 0 saturated heterocycles. The maximum Gasteiger partial charge on any atom is 0.179 e. The number of aliphatic hydroxyl groups excluding tert-OH is 1. The molecule has 90 valence electrons. The van der Waals surface area contributed by atoms with Crippen LogP contribution in [0.4, 0.5) is 0 Å². The minimum absolute atomic E-state index is 0.0544. The van der Waals surface area contributed by atoms with Gasteiger partial charge in [0.25, 0.3) is 0 Å². The van der Waals surface area contributed by atoms with E-state index < -0.39 is 5.60 Å². The van der Waals surface area contributed by atoms with E-state index in [1.165, 1.54) is 5.56 Å². The lowest BCUT2D eigenvalue weighted by molar-refractivity contribution is -0.0354. The average molecular weight is 231 g/mol. The van der Waals surface area contributed by atoms with Gasteiger partial charge in [-0.2, -0.15) is 5.26 Å². The fourth-order valence-electron chi connectivity index (χ4n) is 2.52. The van der Waals surface area contributed by atoms with Gasteiger partial charge in [-0.3, -0.25) is 0 Å². The van der Waals surface area contributed by atoms with Crippen molar-refractivity contribution < 1.29 is 9.84 Å². The van der Waals surface area contributed by atoms with E-state index in [2.05, 4.69) is 19.1 Å². The first-order chi connectivity index (χ1) is 8.23. The molecule has 0 aromatic heterocycles. The third-order valence-corrected chi connectivity index (χ3v) is 3.48. The first-order valence-electron chi connectivity index (χ1n) is 5.99. The Kier molecular flexibility index (Phi) is 3.46. The molecule has 1 aliphatic carbocycles. The SMILES string of the molecule is CC1CCC(C#N)(OCCO)c2ccccc21. The predicted molar refractivity (Wildman–Crippen MR) is 64.4 cm³/mol. The Morgan fingerprint density at radius 1 is 1.53 bits per heavy atom. The highest BCUT2D eigenvalue weighted by atomic mass is 16.5. The van der Waals surface area contributed by atoms with Crippen molar-refractivity contribution >= 4 is 0 Å². The molecule has 0 fully saturated rings. The Hall–Kier alpha value is -1.37. The quantitative estimate of drug-likeness (QED) is 0.868. The summed E-state index contributed by atoms with van der Waals surface area (Å²) in [5.74, 6) is 0.463. The summed E-state index contributed by atoms with van der Waals surface area (Å²) in [7, 11) is 0. The molecule has 1 aromatic rings. The maximum atomic E-state index is 9.44. The number of rotatable bonds is 3. The number of fused-ring (bicyclic) bond motifs is 1. The van der Waals surface area contributed by atoms with Gasteiger partial charge in [0, 0.05) is 5.56 Å². The van der Waals surface area contributed by atoms with Crippen molar-refractivity contribution in [3.8, 4) is 6.07 Å². The molecule has 2 atom stereocenters. The average Bonchev–Trinajstić information content (AvgIpc) is 2.39. The van der Waals surface area contributed by atoms with Crippen LogP contribution < -0.4 is 0 Å². The second-order valence-corrected chi connectivity index (χ2v) is 4.54. The van der Waals surface area contributed by atoms with Crippen molar-refractivity contribution in [1.29, 1.82) is 5.26 Å². The highest BCUT2D eigenvalue weighted by molar-refractivity contribution is 5.41. The van der Waals surface area contributed by atoms with Gasteiger partial charge in [0.2, 0.25) is 0 Å². The van der Waals surface area contributed by atoms with Crippen LogP contribution in [0.2, 0.25) is 0 Å². The number of hydrogen-bond acceptors (Lipinski definition) is 3. The molecule has 0 heterocycles. The number of hydrogen-bond donors (Lipinski definition) is 1. The van der Waals surface area contributed by atoms with Gasteiger partial charge < -0.3 is 9.84 Å². The Morgan fingerprint density at radius 3 is 3.00 bits per heavy atom. The molecule has 0 amide bonds. The van der Waals surface area contributed by atoms with Crippen molar-refractivity contribution in [2.45, 2.75) is 31.3 Å². The standard InChI is InChI=1S/C14H17NO2/c1-11-6-7-14(10-15,17-9-8-16)13-5-3-2-4-12(11)13/h2-5,11,16H,6-9H2,1H3. The Morgan fingerprint density at radius 2 is 2.29 bits per heavy atom. The van der Waals surface area contributed by atoms with Gasteiger partial charge in [-0.1, -0.05) is 31.2 Å². The van der Waals surface area contributed by atoms with Crippen molar-refractivity contribution in [1.82, 2.24) is 0 Å². The van der Waals surface area contributed by atoms with E-state index in [1.54, 1.807) is 0 Å². The van der Waals surface area contributed by atoms with E-state index in [9.17, 15) is 5.26 Å². The van der Waals surface area contributed by atoms with E-state index in [4.69, 9.17) is 9.84 Å². The van der Waals surface area contributed by atoms with Gasteiger partial charge in [0.15, 0.2) is 5.60 Å². The predicted octanol–water partition coefficient (Wildman–Crippen LogP) is 2.31. The summed E-state index contributed by atoms with van der Waals surface area (Å²) in [5, 5.41) is 18.3. The van der Waals surface area contributed by atoms with Gasteiger partial charge >= 0.3 is 0 Å². The van der Waals surface area contributed by atoms with E-state index in [-0.39, 0.29) is 13.2 Å². The second kappa shape index (κ2) is 4.87. The normalized spacial score (nSPS) is 27.2. The Balaban J connectivity index is 2.43. The van der Waals surface area contributed by atoms with Gasteiger partial charge in [0.05, 0.1) is 13.2 Å². The number of benzene rings is 1. The summed E-state index contributed by atoms with van der Waals surface area (Å²) in [5.41, 5.74) is 1.29. The molecule has 1 N–H and O–H groups in total. The van der Waals surface area contributed by atoms with Crippen LogP contribution in [-0.4, -0.2) is 18.3 Å². The maximum absolute atomic E-state index is 9.44. The zero-order valence-corrected chi connectivity index (χ0v) is 10.0. The van der Waals surface area contributed by atoms with Gasteiger partial charge in [-0.15, -0.1) is 0 Å². The second-order valence-electron chi connectivity index (χ2n) is 4.54. The van der Waals surface area contributed by atoms with Crippen molar-refractivity contribution in [2.24, 2.45) is 0 Å². The fourth-order valence-corrected chi connectivity index (χ4v) is 2.52. The molecular weight excluding hydrogens is 214 g/mol. The lowest BCUT2D eigenvalue weighted by atomic mass is 9.75. The van der Waals surface area contributed by atoms with E-state index in [0.717, 1.165) is 12.0 Å². The van der Waals surface area contributed by atoms with Crippen molar-refractivity contribution in [3.63, 3.8) is 0 Å². The zero-order valence-electron chi connectivity index (χ0n) is 10.0. The number of nitriles is 1. The van der Waals surface area contributed by atoms with Crippen LogP contribution in [-0.2, 0) is 10.3 Å². The van der Waals surface area contributed by atoms with Crippen molar-refractivity contribution in [2.75, 3.05) is 13.2 Å². The lowest BCUT2D eigenvalue weighted by Gasteiger charge is -2.35. The number of aliphatic hydroxyl groups is 1. The summed E-state index contributed by atoms with van der Waals surface area (Å²) in [6.07, 6.45) is 1.64. The molecule has 17 heavy (non-hydrogen) atoms. The molecule has 0 spiro atoms. The first kappa shape index (κ1) is 12.1. The molecule has 1 aromatic carbocycles. The van der Waals surface area contributed by atoms with Gasteiger partial charge in [0.1, 0.15) is 6.07 Å². The highest BCUT2D eigenvalue weighted by Gasteiger charge is 2.39. The van der Waals surface area contributed by atoms with E-state index in [0.29, 0.717) is 12.3 Å². The third-order valence-electron chi connectivity index (χ3n) is 3.48. The van der Waals surface area contributed by atoms with Gasteiger partial charge in [-0.25, -0.2) is 0 Å². The summed E-state index contributed by atoms with van der Waals surface area (Å²) < 4.78 is 5.63. The monoisotopic (exact) mass is 231 g/mol. The summed E-state index contributed by atoms with van der Waals surface area (Å²) in [6, 6.07) is 10.3. The molecule has 1 aliphatic rings. The largest absolute Gasteiger partial charge is 0.394 e. The van der Waals surface area contributed by atoms with E-state index in [1.807, 2.05) is 18.2 Å². The molecule has 2 unspecified atom stereocenters. The van der Waals surface area contributed by atoms with Crippen LogP contribution >= 0.6 is 0 Å². The Bertz CT molecular complexity index is 438. The van der Waals surface area contributed by atoms with E-state index >= 15 is 0 Å². The number of nitrogens with zero attached hydrogens (tertiary/aromatic N) is 1. The van der Waals surface area contributed by atoms with Crippen LogP contribution in [0.1, 0.15) is 36.8 Å². The van der Waals surface area contributed by atoms with Crippen LogP contribution in [0.5, 0.6) is 0 Å². The lowest BCUT2D eigenvalue weighted by Crippen LogP contribution is -2.34. The van der Waals surface area contributed by atoms with Crippen LogP contribution in [0.3, 0.4) is 0 Å². The third kappa shape index (κ3) is 2.06. The molecule has 0 saturated carbocycles. The summed E-state index contributed by atoms with van der Waals surface area (Å²) in [6.45, 7) is 2.32. The van der Waals surface area contributed by atoms with Crippen molar-refractivity contribution in [3.05, 3.63) is 35.4 Å². The summed E-state index contributed by atoms with van der Waals surface area (Å²) in [4.78, 5) is 0. The smallest absolute Gasteiger partial charge is 0.179 e. The minimum atomic E-state index is -0.869. The topological polar surface area (TPSA) is 53.2 Å². The number of ether oxygens (including phenoxy) is 1. The van der Waals surface area contributed by atoms with Crippen LogP contribution in [0, 0.1) is 11.3 Å². The molecule has 0 radical (unpaired) electrons. The van der Waals surface area contributed by atoms with Gasteiger partial charge in [-0.05, 0) is 24.3 Å². The molecule has 0 bridgehead atoms. The molecule has 0 aliphatic heterocycles. The molecule has 3 nitrogen and oxygen atoms in total. The van der Waals surface area contributed by atoms with Crippen LogP contribution in [0.25, 0.3) is 0 Å². The fraction of sp³-hybridized carbons (Fsp3) is 0.500. The van der Waals surface area contributed by atoms with Crippen LogP contribution in [0.15, 0.2) is 24.3 Å². The molecule has 3 heteroatoms. The minimum Gasteiger partial charge on any atom is -0.394 e. The Labute approximate surface area is 102 Å². The zero-order chi connectivity index (χ0) is 12.3. The highest BCUT2D eigenvalue weighted by Crippen LogP contribution is 2.43. The molecule has 2 rings (SSSR count).